The van der Waals surface area contributed by atoms with Crippen molar-refractivity contribution in [1.82, 2.24) is 30.4 Å². The number of aryl methyl sites for hydroxylation is 1. The van der Waals surface area contributed by atoms with Gasteiger partial charge in [0.2, 0.25) is 0 Å². The Kier molecular flexibility index (Phi) is 4.87. The Bertz CT molecular complexity index is 1520. The number of aliphatic hydroxyl groups excluding tert-OH is 2. The normalized spacial score (nSPS) is 28.0. The zero-order valence-corrected chi connectivity index (χ0v) is 20.6. The number of aromatic amines is 1. The van der Waals surface area contributed by atoms with Gasteiger partial charge in [0.15, 0.2) is 11.6 Å². The van der Waals surface area contributed by atoms with Crippen LogP contribution in [-0.4, -0.2) is 47.2 Å². The second kappa shape index (κ2) is 7.97. The molecule has 37 heavy (non-hydrogen) atoms. The number of H-pyrrole nitrogens is 1. The number of rotatable bonds is 5. The van der Waals surface area contributed by atoms with Crippen LogP contribution >= 0.6 is 0 Å². The minimum atomic E-state index is -1.13. The molecule has 9 heteroatoms. The number of halogens is 1. The Hall–Kier alpha value is -3.56. The standard InChI is InChI=1S/C28H27FN6O2/c1-13-5-3-6-19(29)24(13)21-10-17-16-9-15-14(2)28(11-18(15)16,25(17)33-32-21)23-8-4-7-20(30-23)26-31-27(35-34-26)22(37)12-36/h3-8,10,14-16,18,22,36-37H,9,11-12H2,1-2H3,(H,31,34,35)/t14?,15?,16-,18?,22+,28+/m1/s1. The zero-order valence-electron chi connectivity index (χ0n) is 20.6. The number of aliphatic hydroxyl groups is 2. The molecule has 8 nitrogen and oxygen atoms in total. The molecule has 3 aromatic heterocycles. The molecule has 4 aromatic rings. The van der Waals surface area contributed by atoms with Crippen LogP contribution in [0.15, 0.2) is 42.5 Å². The molecule has 188 valence electrons. The summed E-state index contributed by atoms with van der Waals surface area (Å²) in [6, 6.07) is 13.0. The third kappa shape index (κ3) is 3.04. The molecule has 3 N–H and O–H groups in total. The van der Waals surface area contributed by atoms with Crippen LogP contribution in [0.1, 0.15) is 60.1 Å². The van der Waals surface area contributed by atoms with Gasteiger partial charge in [-0.15, -0.1) is 0 Å². The Morgan fingerprint density at radius 3 is 2.76 bits per heavy atom. The lowest BCUT2D eigenvalue weighted by Gasteiger charge is -2.44. The lowest BCUT2D eigenvalue weighted by Crippen LogP contribution is -2.37. The van der Waals surface area contributed by atoms with E-state index in [1.807, 2.05) is 31.2 Å². The molecule has 3 aliphatic carbocycles. The Morgan fingerprint density at radius 1 is 1.11 bits per heavy atom. The molecule has 0 spiro atoms. The topological polar surface area (TPSA) is 121 Å². The second-order valence-corrected chi connectivity index (χ2v) is 10.8. The van der Waals surface area contributed by atoms with Crippen LogP contribution in [0.25, 0.3) is 22.8 Å². The summed E-state index contributed by atoms with van der Waals surface area (Å²) in [5.41, 5.74) is 5.16. The van der Waals surface area contributed by atoms with Gasteiger partial charge in [0, 0.05) is 5.56 Å². The van der Waals surface area contributed by atoms with E-state index in [9.17, 15) is 14.6 Å². The van der Waals surface area contributed by atoms with Crippen LogP contribution in [0.5, 0.6) is 0 Å². The van der Waals surface area contributed by atoms with Gasteiger partial charge in [-0.05, 0) is 78.8 Å². The van der Waals surface area contributed by atoms with Crippen molar-refractivity contribution < 1.29 is 14.6 Å². The minimum Gasteiger partial charge on any atom is -0.393 e. The van der Waals surface area contributed by atoms with Gasteiger partial charge in [-0.3, -0.25) is 5.10 Å². The molecule has 3 unspecified atom stereocenters. The molecule has 0 radical (unpaired) electrons. The van der Waals surface area contributed by atoms with Crippen LogP contribution in [0.4, 0.5) is 4.39 Å². The first-order valence-corrected chi connectivity index (χ1v) is 12.7. The number of aromatic nitrogens is 6. The van der Waals surface area contributed by atoms with E-state index in [1.54, 1.807) is 6.07 Å². The molecule has 2 saturated carbocycles. The molecule has 0 amide bonds. The van der Waals surface area contributed by atoms with Crippen LogP contribution in [-0.2, 0) is 5.41 Å². The third-order valence-corrected chi connectivity index (χ3v) is 9.12. The molecule has 3 aliphatic rings. The number of fused-ring (bicyclic) bond motifs is 4. The van der Waals surface area contributed by atoms with E-state index < -0.39 is 18.1 Å². The van der Waals surface area contributed by atoms with Crippen LogP contribution in [0, 0.1) is 30.5 Å². The van der Waals surface area contributed by atoms with Gasteiger partial charge in [0.05, 0.1) is 29.1 Å². The number of benzene rings is 1. The Balaban J connectivity index is 1.36. The van der Waals surface area contributed by atoms with Gasteiger partial charge < -0.3 is 10.2 Å². The summed E-state index contributed by atoms with van der Waals surface area (Å²) in [6.45, 7) is 3.75. The van der Waals surface area contributed by atoms with Crippen molar-refractivity contribution >= 4 is 0 Å². The van der Waals surface area contributed by atoms with Crippen molar-refractivity contribution in [3.63, 3.8) is 0 Å². The average Bonchev–Trinajstić information content (AvgIpc) is 3.42. The first-order valence-electron chi connectivity index (χ1n) is 12.7. The lowest BCUT2D eigenvalue weighted by molar-refractivity contribution is 0.0889. The quantitative estimate of drug-likeness (QED) is 0.382. The van der Waals surface area contributed by atoms with E-state index in [-0.39, 0.29) is 11.6 Å². The van der Waals surface area contributed by atoms with Crippen LogP contribution in [0.3, 0.4) is 0 Å². The van der Waals surface area contributed by atoms with E-state index in [0.29, 0.717) is 46.4 Å². The molecule has 6 atom stereocenters. The monoisotopic (exact) mass is 498 g/mol. The summed E-state index contributed by atoms with van der Waals surface area (Å²) in [5, 5.41) is 35.4. The summed E-state index contributed by atoms with van der Waals surface area (Å²) in [7, 11) is 0. The van der Waals surface area contributed by atoms with E-state index in [0.717, 1.165) is 29.8 Å². The highest BCUT2D eigenvalue weighted by Gasteiger charge is 2.66. The molecule has 1 aromatic carbocycles. The first kappa shape index (κ1) is 22.6. The van der Waals surface area contributed by atoms with E-state index in [1.165, 1.54) is 11.6 Å². The molecule has 2 bridgehead atoms. The SMILES string of the molecule is Cc1cccc(F)c1-c1cc2c(nn1)[C@@]1(c3cccc(-c4n[nH]c([C@@H](O)CO)n4)n3)CC3C(C[C@H]23)C1C. The van der Waals surface area contributed by atoms with Crippen molar-refractivity contribution in [3.8, 4) is 22.8 Å². The second-order valence-electron chi connectivity index (χ2n) is 10.8. The Morgan fingerprint density at radius 2 is 1.95 bits per heavy atom. The van der Waals surface area contributed by atoms with Crippen LogP contribution in [0.2, 0.25) is 0 Å². The molecular formula is C28H27FN6O2. The molecule has 0 saturated heterocycles. The van der Waals surface area contributed by atoms with Crippen molar-refractivity contribution in [2.24, 2.45) is 17.8 Å². The van der Waals surface area contributed by atoms with Gasteiger partial charge in [0.25, 0.3) is 0 Å². The number of pyridine rings is 1. The van der Waals surface area contributed by atoms with E-state index >= 15 is 0 Å². The highest BCUT2D eigenvalue weighted by atomic mass is 19.1. The van der Waals surface area contributed by atoms with Crippen molar-refractivity contribution in [1.29, 1.82) is 0 Å². The maximum absolute atomic E-state index is 14.8. The summed E-state index contributed by atoms with van der Waals surface area (Å²) < 4.78 is 14.8. The maximum atomic E-state index is 14.8. The summed E-state index contributed by atoms with van der Waals surface area (Å²) in [4.78, 5) is 9.37. The zero-order chi connectivity index (χ0) is 25.5. The number of hydrogen-bond donors (Lipinski definition) is 3. The van der Waals surface area contributed by atoms with Gasteiger partial charge in [0.1, 0.15) is 17.6 Å². The number of nitrogens with one attached hydrogen (secondary N) is 1. The Labute approximate surface area is 213 Å². The van der Waals surface area contributed by atoms with E-state index in [2.05, 4.69) is 33.3 Å². The highest BCUT2D eigenvalue weighted by molar-refractivity contribution is 5.66. The smallest absolute Gasteiger partial charge is 0.199 e. The predicted octanol–water partition coefficient (Wildman–Crippen LogP) is 3.86. The van der Waals surface area contributed by atoms with Gasteiger partial charge in [-0.25, -0.2) is 14.4 Å². The van der Waals surface area contributed by atoms with Crippen molar-refractivity contribution in [2.45, 2.75) is 44.1 Å². The van der Waals surface area contributed by atoms with Crippen molar-refractivity contribution in [2.75, 3.05) is 6.61 Å². The largest absolute Gasteiger partial charge is 0.393 e. The average molecular weight is 499 g/mol. The van der Waals surface area contributed by atoms with Crippen molar-refractivity contribution in [3.05, 3.63) is 76.6 Å². The number of nitrogens with zero attached hydrogens (tertiary/aromatic N) is 5. The summed E-state index contributed by atoms with van der Waals surface area (Å²) in [6.07, 6.45) is 0.936. The molecule has 0 aliphatic heterocycles. The summed E-state index contributed by atoms with van der Waals surface area (Å²) >= 11 is 0. The fourth-order valence-electron chi connectivity index (χ4n) is 7.21. The third-order valence-electron chi connectivity index (χ3n) is 9.12. The molecule has 3 heterocycles. The molecule has 7 rings (SSSR count). The predicted molar refractivity (Wildman–Crippen MR) is 133 cm³/mol. The van der Waals surface area contributed by atoms with E-state index in [4.69, 9.17) is 10.1 Å². The molecule has 2 fully saturated rings. The lowest BCUT2D eigenvalue weighted by atomic mass is 9.61. The van der Waals surface area contributed by atoms with Gasteiger partial charge >= 0.3 is 0 Å². The first-order chi connectivity index (χ1) is 17.9. The van der Waals surface area contributed by atoms with Crippen LogP contribution < -0.4 is 0 Å². The fourth-order valence-corrected chi connectivity index (χ4v) is 7.21. The highest BCUT2D eigenvalue weighted by Crippen LogP contribution is 2.71. The minimum absolute atomic E-state index is 0.197. The maximum Gasteiger partial charge on any atom is 0.199 e. The van der Waals surface area contributed by atoms with Gasteiger partial charge in [-0.1, -0.05) is 25.1 Å². The number of hydrogen-bond acceptors (Lipinski definition) is 7. The summed E-state index contributed by atoms with van der Waals surface area (Å²) in [5.74, 6) is 2.14. The van der Waals surface area contributed by atoms with Gasteiger partial charge in [-0.2, -0.15) is 15.3 Å². The fraction of sp³-hybridized carbons (Fsp3) is 0.393. The molecular weight excluding hydrogens is 471 g/mol.